The Kier molecular flexibility index (Phi) is 11.2. The van der Waals surface area contributed by atoms with Gasteiger partial charge in [0.1, 0.15) is 12.6 Å². The summed E-state index contributed by atoms with van der Waals surface area (Å²) in [5, 5.41) is 3.93. The molecule has 1 N–H and O–H groups in total. The average Bonchev–Trinajstić information content (AvgIpc) is 3.50. The molecule has 0 aromatic heterocycles. The standard InChI is InChI=1S/C33H39Cl2N3O4S/c1-4-24-10-6-9-13-31(24)38(43(41,42)28-18-14-23(3)15-19-28)22-32(39)37(21-25-16-17-26(34)20-29(25)35)30(5-2)33(40)36-27-11-7-8-12-27/h6,9-10,13-20,27,30H,4-5,7-8,11-12,21-22H2,1-3H3,(H,36,40)/t30-/m1/s1. The van der Waals surface area contributed by atoms with Crippen LogP contribution in [0.4, 0.5) is 5.69 Å². The van der Waals surface area contributed by atoms with Gasteiger partial charge in [-0.05, 0) is 74.1 Å². The van der Waals surface area contributed by atoms with Crippen molar-refractivity contribution in [1.82, 2.24) is 10.2 Å². The van der Waals surface area contributed by atoms with E-state index in [0.717, 1.165) is 41.1 Å². The zero-order chi connectivity index (χ0) is 31.1. The number of anilines is 1. The fraction of sp³-hybridized carbons (Fsp3) is 0.394. The highest BCUT2D eigenvalue weighted by Gasteiger charge is 2.35. The zero-order valence-corrected chi connectivity index (χ0v) is 27.2. The fourth-order valence-corrected chi connectivity index (χ4v) is 7.44. The highest BCUT2D eigenvalue weighted by atomic mass is 35.5. The van der Waals surface area contributed by atoms with Gasteiger partial charge in [-0.25, -0.2) is 8.42 Å². The lowest BCUT2D eigenvalue weighted by molar-refractivity contribution is -0.140. The molecule has 230 valence electrons. The molecule has 3 aromatic carbocycles. The van der Waals surface area contributed by atoms with Crippen molar-refractivity contribution in [3.05, 3.63) is 93.5 Å². The Balaban J connectivity index is 1.76. The zero-order valence-electron chi connectivity index (χ0n) is 24.9. The van der Waals surface area contributed by atoms with Gasteiger partial charge in [-0.2, -0.15) is 0 Å². The summed E-state index contributed by atoms with van der Waals surface area (Å²) in [7, 11) is -4.15. The number of halogens is 2. The highest BCUT2D eigenvalue weighted by Crippen LogP contribution is 2.30. The smallest absolute Gasteiger partial charge is 0.264 e. The summed E-state index contributed by atoms with van der Waals surface area (Å²) < 4.78 is 29.5. The Hall–Kier alpha value is -3.07. The molecule has 4 rings (SSSR count). The number of nitrogens with one attached hydrogen (secondary N) is 1. The van der Waals surface area contributed by atoms with E-state index in [1.165, 1.54) is 4.90 Å². The van der Waals surface area contributed by atoms with Crippen LogP contribution in [0, 0.1) is 6.92 Å². The Labute approximate surface area is 265 Å². The number of amides is 2. The van der Waals surface area contributed by atoms with Gasteiger partial charge >= 0.3 is 0 Å². The first kappa shape index (κ1) is 32.8. The van der Waals surface area contributed by atoms with E-state index in [1.54, 1.807) is 54.6 Å². The van der Waals surface area contributed by atoms with Crippen LogP contribution >= 0.6 is 23.2 Å². The first-order chi connectivity index (χ1) is 20.5. The van der Waals surface area contributed by atoms with Crippen molar-refractivity contribution in [1.29, 1.82) is 0 Å². The molecule has 0 unspecified atom stereocenters. The number of hydrogen-bond donors (Lipinski definition) is 1. The Morgan fingerprint density at radius 3 is 2.26 bits per heavy atom. The maximum absolute atomic E-state index is 14.4. The maximum Gasteiger partial charge on any atom is 0.264 e. The first-order valence-electron chi connectivity index (χ1n) is 14.8. The summed E-state index contributed by atoms with van der Waals surface area (Å²) >= 11 is 12.7. The van der Waals surface area contributed by atoms with Crippen LogP contribution in [-0.2, 0) is 32.6 Å². The minimum atomic E-state index is -4.15. The quantitative estimate of drug-likeness (QED) is 0.232. The molecule has 43 heavy (non-hydrogen) atoms. The first-order valence-corrected chi connectivity index (χ1v) is 17.0. The van der Waals surface area contributed by atoms with Gasteiger partial charge in [0.15, 0.2) is 0 Å². The van der Waals surface area contributed by atoms with Gasteiger partial charge in [-0.15, -0.1) is 0 Å². The number of rotatable bonds is 12. The number of para-hydroxylation sites is 1. The molecule has 1 atom stereocenters. The summed E-state index contributed by atoms with van der Waals surface area (Å²) in [6.07, 6.45) is 4.80. The van der Waals surface area contributed by atoms with Gasteiger partial charge in [-0.1, -0.05) is 91.9 Å². The van der Waals surface area contributed by atoms with Gasteiger partial charge in [0.2, 0.25) is 11.8 Å². The summed E-state index contributed by atoms with van der Waals surface area (Å²) in [6.45, 7) is 5.18. The van der Waals surface area contributed by atoms with E-state index in [2.05, 4.69) is 5.32 Å². The van der Waals surface area contributed by atoms with Crippen LogP contribution in [0.5, 0.6) is 0 Å². The van der Waals surface area contributed by atoms with Crippen molar-refractivity contribution in [2.75, 3.05) is 10.8 Å². The molecule has 0 heterocycles. The summed E-state index contributed by atoms with van der Waals surface area (Å²) in [5.74, 6) is -0.768. The molecule has 0 spiro atoms. The highest BCUT2D eigenvalue weighted by molar-refractivity contribution is 7.92. The van der Waals surface area contributed by atoms with Crippen LogP contribution < -0.4 is 9.62 Å². The van der Waals surface area contributed by atoms with E-state index < -0.39 is 28.5 Å². The van der Waals surface area contributed by atoms with E-state index in [9.17, 15) is 18.0 Å². The van der Waals surface area contributed by atoms with Crippen LogP contribution in [0.1, 0.15) is 62.6 Å². The van der Waals surface area contributed by atoms with Crippen molar-refractivity contribution in [3.63, 3.8) is 0 Å². The monoisotopic (exact) mass is 643 g/mol. The number of carbonyl (C=O) groups is 2. The lowest BCUT2D eigenvalue weighted by Gasteiger charge is -2.34. The molecular formula is C33H39Cl2N3O4S. The van der Waals surface area contributed by atoms with E-state index in [-0.39, 0.29) is 23.4 Å². The Morgan fingerprint density at radius 1 is 0.953 bits per heavy atom. The Morgan fingerprint density at radius 2 is 1.63 bits per heavy atom. The van der Waals surface area contributed by atoms with Crippen LogP contribution in [0.2, 0.25) is 10.0 Å². The van der Waals surface area contributed by atoms with Gasteiger partial charge in [0, 0.05) is 22.6 Å². The van der Waals surface area contributed by atoms with Gasteiger partial charge < -0.3 is 10.2 Å². The van der Waals surface area contributed by atoms with Crippen molar-refractivity contribution in [2.24, 2.45) is 0 Å². The molecule has 1 saturated carbocycles. The molecule has 0 aliphatic heterocycles. The molecule has 1 fully saturated rings. The third kappa shape index (κ3) is 7.91. The molecule has 0 radical (unpaired) electrons. The van der Waals surface area contributed by atoms with E-state index in [0.29, 0.717) is 34.1 Å². The molecule has 7 nitrogen and oxygen atoms in total. The lowest BCUT2D eigenvalue weighted by atomic mass is 10.1. The van der Waals surface area contributed by atoms with Crippen molar-refractivity contribution in [2.45, 2.75) is 82.8 Å². The molecule has 1 aliphatic carbocycles. The summed E-state index contributed by atoms with van der Waals surface area (Å²) in [6, 6.07) is 17.9. The fourth-order valence-electron chi connectivity index (χ4n) is 5.52. The third-order valence-corrected chi connectivity index (χ3v) is 10.3. The second-order valence-electron chi connectivity index (χ2n) is 11.0. The minimum Gasteiger partial charge on any atom is -0.352 e. The molecule has 2 amide bonds. The summed E-state index contributed by atoms with van der Waals surface area (Å²) in [4.78, 5) is 29.5. The van der Waals surface area contributed by atoms with Gasteiger partial charge in [0.05, 0.1) is 10.6 Å². The number of sulfonamides is 1. The summed E-state index contributed by atoms with van der Waals surface area (Å²) in [5.41, 5.74) is 2.73. The average molecular weight is 645 g/mol. The van der Waals surface area contributed by atoms with E-state index in [4.69, 9.17) is 23.2 Å². The van der Waals surface area contributed by atoms with Crippen LogP contribution in [0.25, 0.3) is 0 Å². The van der Waals surface area contributed by atoms with Crippen LogP contribution in [0.3, 0.4) is 0 Å². The number of nitrogens with zero attached hydrogens (tertiary/aromatic N) is 2. The Bertz CT molecular complexity index is 1540. The number of hydrogen-bond acceptors (Lipinski definition) is 4. The predicted molar refractivity (Wildman–Crippen MR) is 173 cm³/mol. The second-order valence-corrected chi connectivity index (χ2v) is 13.7. The molecular weight excluding hydrogens is 605 g/mol. The maximum atomic E-state index is 14.4. The number of aryl methyl sites for hydroxylation is 2. The van der Waals surface area contributed by atoms with Gasteiger partial charge in [0.25, 0.3) is 10.0 Å². The molecule has 0 bridgehead atoms. The van der Waals surface area contributed by atoms with Crippen LogP contribution in [0.15, 0.2) is 71.6 Å². The topological polar surface area (TPSA) is 86.8 Å². The number of benzene rings is 3. The molecule has 10 heteroatoms. The normalized spacial score (nSPS) is 14.3. The van der Waals surface area contributed by atoms with E-state index >= 15 is 0 Å². The molecule has 1 aliphatic rings. The largest absolute Gasteiger partial charge is 0.352 e. The SMILES string of the molecule is CCc1ccccc1N(CC(=O)N(Cc1ccc(Cl)cc1Cl)[C@H](CC)C(=O)NC1CCCC1)S(=O)(=O)c1ccc(C)cc1. The molecule has 0 saturated heterocycles. The third-order valence-electron chi connectivity index (χ3n) is 7.97. The van der Waals surface area contributed by atoms with Crippen LogP contribution in [-0.4, -0.2) is 43.8 Å². The van der Waals surface area contributed by atoms with Crippen molar-refractivity contribution in [3.8, 4) is 0 Å². The second kappa shape index (κ2) is 14.6. The van der Waals surface area contributed by atoms with Crippen molar-refractivity contribution < 1.29 is 18.0 Å². The molecule has 3 aromatic rings. The van der Waals surface area contributed by atoms with E-state index in [1.807, 2.05) is 32.9 Å². The minimum absolute atomic E-state index is 0.0132. The predicted octanol–water partition coefficient (Wildman–Crippen LogP) is 6.93. The lowest BCUT2D eigenvalue weighted by Crippen LogP contribution is -2.53. The van der Waals surface area contributed by atoms with Crippen molar-refractivity contribution >= 4 is 50.7 Å². The number of carbonyl (C=O) groups excluding carboxylic acids is 2. The van der Waals surface area contributed by atoms with Gasteiger partial charge in [-0.3, -0.25) is 13.9 Å².